The van der Waals surface area contributed by atoms with Crippen LogP contribution in [0.4, 0.5) is 0 Å². The van der Waals surface area contributed by atoms with Crippen molar-refractivity contribution in [3.05, 3.63) is 0 Å². The van der Waals surface area contributed by atoms with E-state index in [1.165, 1.54) is 6.92 Å². The van der Waals surface area contributed by atoms with Gasteiger partial charge in [0.1, 0.15) is 18.3 Å². The van der Waals surface area contributed by atoms with Gasteiger partial charge in [-0.1, -0.05) is 20.8 Å². The lowest BCUT2D eigenvalue weighted by molar-refractivity contribution is -0.302. The van der Waals surface area contributed by atoms with Gasteiger partial charge in [0.2, 0.25) is 0 Å². The van der Waals surface area contributed by atoms with Gasteiger partial charge in [-0.3, -0.25) is 4.79 Å². The van der Waals surface area contributed by atoms with Crippen LogP contribution < -0.4 is 5.73 Å². The van der Waals surface area contributed by atoms with Crippen LogP contribution in [0.3, 0.4) is 0 Å². The van der Waals surface area contributed by atoms with E-state index in [0.717, 1.165) is 51.4 Å². The van der Waals surface area contributed by atoms with E-state index in [2.05, 4.69) is 20.8 Å². The molecule has 7 fully saturated rings. The molecule has 2 heterocycles. The molecule has 11 nitrogen and oxygen atoms in total. The van der Waals surface area contributed by atoms with Gasteiger partial charge >= 0.3 is 5.97 Å². The summed E-state index contributed by atoms with van der Waals surface area (Å²) in [6.45, 7) is 11.3. The van der Waals surface area contributed by atoms with Crippen molar-refractivity contribution in [2.24, 2.45) is 45.1 Å². The molecule has 2 saturated heterocycles. The average Bonchev–Trinajstić information content (AvgIpc) is 3.61. The number of carbonyl (C=O) groups excluding carboxylic acids is 1. The standard InChI is InChI=1S/C35H57NO10/c1-17(37)44-28(31(4,5)42)20-8-7-18-26(45-20)27(41)35(36)22-10-9-21-30(2,3)23(46-29-25(40)24(39)19(38)15-43-29)11-12-33(21)16-34(22,33)14-13-32(18,35)6/h18-29,38-42H,7-16,36H2,1-6H3. The molecular weight excluding hydrogens is 594 g/mol. The zero-order valence-corrected chi connectivity index (χ0v) is 28.4. The molecule has 262 valence electrons. The maximum Gasteiger partial charge on any atom is 0.303 e. The summed E-state index contributed by atoms with van der Waals surface area (Å²) >= 11 is 0. The molecule has 46 heavy (non-hydrogen) atoms. The lowest BCUT2D eigenvalue weighted by Crippen LogP contribution is -2.70. The third-order valence-corrected chi connectivity index (χ3v) is 15.0. The van der Waals surface area contributed by atoms with Gasteiger partial charge in [-0.2, -0.15) is 0 Å². The lowest BCUT2D eigenvalue weighted by Gasteiger charge is -2.63. The maximum absolute atomic E-state index is 12.3. The third-order valence-electron chi connectivity index (χ3n) is 15.0. The third kappa shape index (κ3) is 4.31. The Morgan fingerprint density at radius 2 is 1.61 bits per heavy atom. The Labute approximate surface area is 272 Å². The van der Waals surface area contributed by atoms with Gasteiger partial charge in [-0.15, -0.1) is 0 Å². The fourth-order valence-corrected chi connectivity index (χ4v) is 12.8. The number of esters is 1. The highest BCUT2D eigenvalue weighted by molar-refractivity contribution is 5.66. The Morgan fingerprint density at radius 1 is 0.935 bits per heavy atom. The molecule has 0 amide bonds. The second-order valence-corrected chi connectivity index (χ2v) is 17.7. The first-order chi connectivity index (χ1) is 21.3. The van der Waals surface area contributed by atoms with Crippen LogP contribution in [0.1, 0.15) is 99.3 Å². The summed E-state index contributed by atoms with van der Waals surface area (Å²) < 4.78 is 24.3. The molecule has 16 atom stereocenters. The molecule has 16 unspecified atom stereocenters. The smallest absolute Gasteiger partial charge is 0.303 e. The fourth-order valence-electron chi connectivity index (χ4n) is 12.8. The van der Waals surface area contributed by atoms with Gasteiger partial charge in [0.25, 0.3) is 0 Å². The van der Waals surface area contributed by atoms with Gasteiger partial charge in [0, 0.05) is 6.92 Å². The first-order valence-electron chi connectivity index (χ1n) is 17.7. The molecule has 5 saturated carbocycles. The number of carbonyl (C=O) groups is 1. The van der Waals surface area contributed by atoms with Crippen molar-refractivity contribution in [2.45, 2.75) is 166 Å². The van der Waals surface area contributed by atoms with Crippen LogP contribution in [-0.2, 0) is 23.7 Å². The second kappa shape index (κ2) is 10.6. The normalized spacial score (nSPS) is 54.7. The highest BCUT2D eigenvalue weighted by Gasteiger charge is 2.85. The minimum Gasteiger partial charge on any atom is -0.457 e. The summed E-state index contributed by atoms with van der Waals surface area (Å²) in [5, 5.41) is 53.9. The number of ether oxygens (including phenoxy) is 4. The van der Waals surface area contributed by atoms with Gasteiger partial charge in [0.15, 0.2) is 12.4 Å². The molecule has 7 rings (SSSR count). The summed E-state index contributed by atoms with van der Waals surface area (Å²) in [6.07, 6.45) is 0.464. The van der Waals surface area contributed by atoms with Gasteiger partial charge in [0.05, 0.1) is 42.2 Å². The summed E-state index contributed by atoms with van der Waals surface area (Å²) in [5.74, 6) is 0.117. The number of nitrogens with two attached hydrogens (primary N) is 1. The minimum absolute atomic E-state index is 0.0365. The molecule has 0 bridgehead atoms. The van der Waals surface area contributed by atoms with Crippen molar-refractivity contribution in [2.75, 3.05) is 6.61 Å². The molecule has 0 aromatic carbocycles. The monoisotopic (exact) mass is 651 g/mol. The fraction of sp³-hybridized carbons (Fsp3) is 0.971. The topological polar surface area (TPSA) is 181 Å². The van der Waals surface area contributed by atoms with Crippen LogP contribution in [0.15, 0.2) is 0 Å². The molecule has 7 N–H and O–H groups in total. The number of rotatable bonds is 5. The molecule has 7 aliphatic rings. The molecule has 5 aliphatic carbocycles. The van der Waals surface area contributed by atoms with Crippen LogP contribution >= 0.6 is 0 Å². The number of hydrogen-bond acceptors (Lipinski definition) is 11. The first kappa shape index (κ1) is 33.6. The Hall–Kier alpha value is -0.890. The van der Waals surface area contributed by atoms with Crippen molar-refractivity contribution in [3.8, 4) is 0 Å². The van der Waals surface area contributed by atoms with E-state index >= 15 is 0 Å². The molecule has 0 aromatic heterocycles. The van der Waals surface area contributed by atoms with Gasteiger partial charge in [-0.25, -0.2) is 0 Å². The highest BCUT2D eigenvalue weighted by Crippen LogP contribution is 2.87. The van der Waals surface area contributed by atoms with E-state index in [4.69, 9.17) is 24.7 Å². The van der Waals surface area contributed by atoms with Crippen LogP contribution in [-0.4, -0.2) is 104 Å². The van der Waals surface area contributed by atoms with Crippen molar-refractivity contribution < 1.29 is 49.3 Å². The van der Waals surface area contributed by atoms with E-state index in [1.54, 1.807) is 13.8 Å². The Balaban J connectivity index is 1.12. The maximum atomic E-state index is 12.3. The van der Waals surface area contributed by atoms with Crippen LogP contribution in [0, 0.1) is 39.4 Å². The summed E-state index contributed by atoms with van der Waals surface area (Å²) in [4.78, 5) is 12.0. The molecule has 0 radical (unpaired) electrons. The summed E-state index contributed by atoms with van der Waals surface area (Å²) in [5.41, 5.74) is 5.13. The van der Waals surface area contributed by atoms with Crippen molar-refractivity contribution in [1.29, 1.82) is 0 Å². The molecular formula is C35H57NO10. The van der Waals surface area contributed by atoms with Crippen molar-refractivity contribution >= 4 is 5.97 Å². The SMILES string of the molecule is CC(=O)OC(C1CCC2C(O1)C(O)C1(N)C3CCC4C(C)(C)C(OC5OCC(O)C(O)C5O)CCC45CC35CCC21C)C(C)(C)O. The molecule has 2 aliphatic heterocycles. The predicted molar refractivity (Wildman–Crippen MR) is 165 cm³/mol. The molecule has 11 heteroatoms. The van der Waals surface area contributed by atoms with Crippen molar-refractivity contribution in [3.63, 3.8) is 0 Å². The van der Waals surface area contributed by atoms with Crippen LogP contribution in [0.25, 0.3) is 0 Å². The van der Waals surface area contributed by atoms with Crippen LogP contribution in [0.5, 0.6) is 0 Å². The van der Waals surface area contributed by atoms with E-state index in [0.29, 0.717) is 12.3 Å². The number of aliphatic hydroxyl groups is 5. The zero-order valence-electron chi connectivity index (χ0n) is 28.4. The lowest BCUT2D eigenvalue weighted by atomic mass is 9.44. The molecule has 0 aromatic rings. The zero-order chi connectivity index (χ0) is 33.4. The number of hydrogen-bond donors (Lipinski definition) is 6. The van der Waals surface area contributed by atoms with E-state index in [1.807, 2.05) is 0 Å². The Kier molecular flexibility index (Phi) is 7.71. The first-order valence-corrected chi connectivity index (χ1v) is 17.7. The molecule has 2 spiro atoms. The summed E-state index contributed by atoms with van der Waals surface area (Å²) in [7, 11) is 0. The Morgan fingerprint density at radius 3 is 2.28 bits per heavy atom. The van der Waals surface area contributed by atoms with Gasteiger partial charge in [-0.05, 0) is 111 Å². The van der Waals surface area contributed by atoms with E-state index in [9.17, 15) is 30.3 Å². The largest absolute Gasteiger partial charge is 0.457 e. The second-order valence-electron chi connectivity index (χ2n) is 17.7. The van der Waals surface area contributed by atoms with Gasteiger partial charge < -0.3 is 50.2 Å². The number of fused-ring (bicyclic) bond motifs is 4. The summed E-state index contributed by atoms with van der Waals surface area (Å²) in [6, 6.07) is 0. The van der Waals surface area contributed by atoms with Crippen molar-refractivity contribution in [1.82, 2.24) is 0 Å². The van der Waals surface area contributed by atoms with E-state index in [-0.39, 0.29) is 46.2 Å². The minimum atomic E-state index is -1.31. The average molecular weight is 652 g/mol. The Bertz CT molecular complexity index is 1220. The highest BCUT2D eigenvalue weighted by atomic mass is 16.7. The number of aliphatic hydroxyl groups excluding tert-OH is 4. The predicted octanol–water partition coefficient (Wildman–Crippen LogP) is 1.77. The van der Waals surface area contributed by atoms with Crippen LogP contribution in [0.2, 0.25) is 0 Å². The van der Waals surface area contributed by atoms with E-state index < -0.39 is 66.1 Å². The quantitative estimate of drug-likeness (QED) is 0.188.